The summed E-state index contributed by atoms with van der Waals surface area (Å²) in [4.78, 5) is 0. The molecule has 1 nitrogen and oxygen atoms in total. The van der Waals surface area contributed by atoms with Gasteiger partial charge in [0, 0.05) is 0 Å². The topological polar surface area (TPSA) is 13.1 Å². The quantitative estimate of drug-likeness (QED) is 0.763. The Labute approximate surface area is 100.0 Å². The molecule has 1 rings (SSSR count). The Morgan fingerprint density at radius 1 is 1.57 bits per heavy atom. The average molecular weight is 251 g/mol. The van der Waals surface area contributed by atoms with Gasteiger partial charge >= 0.3 is 0 Å². The molecule has 0 aromatic carbocycles. The van der Waals surface area contributed by atoms with Crippen molar-refractivity contribution in [3.8, 4) is 0 Å². The first-order chi connectivity index (χ1) is 6.76. The maximum absolute atomic E-state index is 5.67. The van der Waals surface area contributed by atoms with Crippen molar-refractivity contribution in [2.75, 3.05) is 11.5 Å². The lowest BCUT2D eigenvalue weighted by atomic mass is 10.2. The third kappa shape index (κ3) is 4.20. The van der Waals surface area contributed by atoms with E-state index < -0.39 is 0 Å². The van der Waals surface area contributed by atoms with Gasteiger partial charge in [0.1, 0.15) is 5.76 Å². The molecule has 0 aliphatic carbocycles. The summed E-state index contributed by atoms with van der Waals surface area (Å²) in [5.74, 6) is 4.65. The highest BCUT2D eigenvalue weighted by Crippen LogP contribution is 2.21. The molecule has 1 atom stereocenters. The van der Waals surface area contributed by atoms with E-state index in [1.54, 1.807) is 6.07 Å². The Balaban J connectivity index is 2.21. The molecule has 14 heavy (non-hydrogen) atoms. The van der Waals surface area contributed by atoms with E-state index >= 15 is 0 Å². The summed E-state index contributed by atoms with van der Waals surface area (Å²) in [6, 6.07) is 3.71. The van der Waals surface area contributed by atoms with Gasteiger partial charge in [0.2, 0.25) is 0 Å². The first-order valence-corrected chi connectivity index (χ1v) is 6.85. The zero-order valence-electron chi connectivity index (χ0n) is 8.20. The van der Waals surface area contributed by atoms with E-state index in [0.29, 0.717) is 11.1 Å². The van der Waals surface area contributed by atoms with Crippen molar-refractivity contribution < 1.29 is 4.42 Å². The zero-order chi connectivity index (χ0) is 10.4. The van der Waals surface area contributed by atoms with Crippen molar-refractivity contribution in [2.24, 2.45) is 5.92 Å². The Morgan fingerprint density at radius 2 is 2.36 bits per heavy atom. The molecule has 0 N–H and O–H groups in total. The minimum absolute atomic E-state index is 0.474. The van der Waals surface area contributed by atoms with Crippen LogP contribution in [0.2, 0.25) is 5.22 Å². The van der Waals surface area contributed by atoms with E-state index in [4.69, 9.17) is 16.0 Å². The molecule has 0 saturated heterocycles. The maximum Gasteiger partial charge on any atom is 0.193 e. The number of rotatable bonds is 6. The number of furan rings is 1. The van der Waals surface area contributed by atoms with Gasteiger partial charge < -0.3 is 4.42 Å². The molecule has 1 unspecified atom stereocenters. The molecule has 0 amide bonds. The van der Waals surface area contributed by atoms with E-state index in [0.717, 1.165) is 23.0 Å². The van der Waals surface area contributed by atoms with Crippen LogP contribution in [0.5, 0.6) is 0 Å². The second-order valence-electron chi connectivity index (χ2n) is 3.18. The van der Waals surface area contributed by atoms with Gasteiger partial charge in [-0.1, -0.05) is 13.3 Å². The van der Waals surface area contributed by atoms with Crippen LogP contribution in [-0.2, 0) is 5.75 Å². The van der Waals surface area contributed by atoms with Crippen LogP contribution in [0.1, 0.15) is 19.1 Å². The largest absolute Gasteiger partial charge is 0.449 e. The number of halogens is 1. The summed E-state index contributed by atoms with van der Waals surface area (Å²) in [5, 5.41) is 0.474. The minimum Gasteiger partial charge on any atom is -0.449 e. The van der Waals surface area contributed by atoms with Gasteiger partial charge in [-0.3, -0.25) is 0 Å². The SMILES string of the molecule is CCC(CS)CSCc1ccc(Cl)o1. The Morgan fingerprint density at radius 3 is 2.86 bits per heavy atom. The predicted molar refractivity (Wildman–Crippen MR) is 67.5 cm³/mol. The second-order valence-corrected chi connectivity index (χ2v) is 4.95. The van der Waals surface area contributed by atoms with Gasteiger partial charge in [0.25, 0.3) is 0 Å². The van der Waals surface area contributed by atoms with E-state index in [1.165, 1.54) is 6.42 Å². The lowest BCUT2D eigenvalue weighted by Gasteiger charge is -2.09. The number of thioether (sulfide) groups is 1. The van der Waals surface area contributed by atoms with E-state index in [1.807, 2.05) is 17.8 Å². The first-order valence-electron chi connectivity index (χ1n) is 4.69. The standard InChI is InChI=1S/C10H15ClOS2/c1-2-8(5-13)6-14-7-9-3-4-10(11)12-9/h3-4,8,13H,2,5-7H2,1H3. The van der Waals surface area contributed by atoms with Crippen molar-refractivity contribution in [1.82, 2.24) is 0 Å². The minimum atomic E-state index is 0.474. The number of hydrogen-bond acceptors (Lipinski definition) is 3. The van der Waals surface area contributed by atoms with Gasteiger partial charge in [-0.05, 0) is 41.2 Å². The summed E-state index contributed by atoms with van der Waals surface area (Å²) >= 11 is 11.8. The second kappa shape index (κ2) is 6.70. The summed E-state index contributed by atoms with van der Waals surface area (Å²) in [7, 11) is 0. The van der Waals surface area contributed by atoms with Crippen molar-refractivity contribution in [1.29, 1.82) is 0 Å². The third-order valence-electron chi connectivity index (χ3n) is 2.06. The first kappa shape index (κ1) is 12.3. The molecule has 1 aromatic heterocycles. The van der Waals surface area contributed by atoms with Gasteiger partial charge in [-0.2, -0.15) is 24.4 Å². The lowest BCUT2D eigenvalue weighted by molar-refractivity contribution is 0.532. The van der Waals surface area contributed by atoms with Crippen LogP contribution in [0.3, 0.4) is 0 Å². The Bertz CT molecular complexity index is 258. The fraction of sp³-hybridized carbons (Fsp3) is 0.600. The Hall–Kier alpha value is 0.270. The summed E-state index contributed by atoms with van der Waals surface area (Å²) in [6.45, 7) is 2.20. The van der Waals surface area contributed by atoms with Crippen molar-refractivity contribution >= 4 is 36.0 Å². The molecule has 80 valence electrons. The Kier molecular flexibility index (Phi) is 5.90. The monoisotopic (exact) mass is 250 g/mol. The summed E-state index contributed by atoms with van der Waals surface area (Å²) < 4.78 is 5.26. The molecule has 0 spiro atoms. The van der Waals surface area contributed by atoms with E-state index in [9.17, 15) is 0 Å². The maximum atomic E-state index is 5.67. The summed E-state index contributed by atoms with van der Waals surface area (Å²) in [6.07, 6.45) is 1.19. The van der Waals surface area contributed by atoms with Gasteiger partial charge in [0.15, 0.2) is 5.22 Å². The fourth-order valence-corrected chi connectivity index (χ4v) is 2.94. The fourth-order valence-electron chi connectivity index (χ4n) is 1.06. The highest BCUT2D eigenvalue weighted by atomic mass is 35.5. The third-order valence-corrected chi connectivity index (χ3v) is 3.98. The van der Waals surface area contributed by atoms with Crippen LogP contribution in [0.25, 0.3) is 0 Å². The molecule has 1 aromatic rings. The average Bonchev–Trinajstić information content (AvgIpc) is 2.59. The molecule has 0 saturated carbocycles. The number of thiol groups is 1. The lowest BCUT2D eigenvalue weighted by Crippen LogP contribution is -2.03. The predicted octanol–water partition coefficient (Wildman–Crippen LogP) is 4.12. The van der Waals surface area contributed by atoms with Crippen LogP contribution in [0, 0.1) is 5.92 Å². The molecule has 0 fully saturated rings. The number of hydrogen-bond donors (Lipinski definition) is 1. The highest BCUT2D eigenvalue weighted by molar-refractivity contribution is 7.98. The van der Waals surface area contributed by atoms with Crippen LogP contribution >= 0.6 is 36.0 Å². The molecular weight excluding hydrogens is 236 g/mol. The molecule has 0 bridgehead atoms. The van der Waals surface area contributed by atoms with Gasteiger partial charge in [-0.15, -0.1) is 0 Å². The molecular formula is C10H15ClOS2. The van der Waals surface area contributed by atoms with Crippen molar-refractivity contribution in [3.05, 3.63) is 23.1 Å². The van der Waals surface area contributed by atoms with Crippen LogP contribution in [-0.4, -0.2) is 11.5 Å². The van der Waals surface area contributed by atoms with Crippen LogP contribution in [0.15, 0.2) is 16.5 Å². The van der Waals surface area contributed by atoms with Crippen molar-refractivity contribution in [2.45, 2.75) is 19.1 Å². The van der Waals surface area contributed by atoms with Crippen molar-refractivity contribution in [3.63, 3.8) is 0 Å². The normalized spacial score (nSPS) is 13.1. The highest BCUT2D eigenvalue weighted by Gasteiger charge is 2.05. The molecule has 0 aliphatic rings. The van der Waals surface area contributed by atoms with Crippen LogP contribution in [0.4, 0.5) is 0 Å². The smallest absolute Gasteiger partial charge is 0.193 e. The summed E-state index contributed by atoms with van der Waals surface area (Å²) in [5.41, 5.74) is 0. The zero-order valence-corrected chi connectivity index (χ0v) is 10.7. The van der Waals surface area contributed by atoms with Crippen LogP contribution < -0.4 is 0 Å². The van der Waals surface area contributed by atoms with E-state index in [2.05, 4.69) is 19.6 Å². The molecule has 4 heteroatoms. The van der Waals surface area contributed by atoms with E-state index in [-0.39, 0.29) is 0 Å². The van der Waals surface area contributed by atoms with Gasteiger partial charge in [0.05, 0.1) is 5.75 Å². The molecule has 0 radical (unpaired) electrons. The molecule has 1 heterocycles. The van der Waals surface area contributed by atoms with Gasteiger partial charge in [-0.25, -0.2) is 0 Å². The molecule has 0 aliphatic heterocycles.